The first kappa shape index (κ1) is 48.9. The molecule has 1 aromatic heterocycles. The van der Waals surface area contributed by atoms with Crippen LogP contribution in [0.2, 0.25) is 0 Å². The Morgan fingerprint density at radius 1 is 0.432 bits per heavy atom. The van der Waals surface area contributed by atoms with Crippen LogP contribution in [-0.4, -0.2) is 6.71 Å². The summed E-state index contributed by atoms with van der Waals surface area (Å²) in [5.41, 5.74) is 23.0. The van der Waals surface area contributed by atoms with Crippen LogP contribution < -0.4 is 26.2 Å². The number of hydrogen-bond acceptors (Lipinski definition) is 3. The molecular weight excluding hydrogens is 896 g/mol. The molecule has 0 amide bonds. The first-order valence-electron chi connectivity index (χ1n) is 27.9. The van der Waals surface area contributed by atoms with Crippen molar-refractivity contribution in [2.24, 2.45) is 0 Å². The Kier molecular flexibility index (Phi) is 10.4. The smallest absolute Gasteiger partial charge is 0.257 e. The molecule has 7 aromatic carbocycles. The van der Waals surface area contributed by atoms with Crippen molar-refractivity contribution in [1.82, 2.24) is 0 Å². The molecule has 0 bridgehead atoms. The standard InChI is InChI=1S/C70H79BN2O/c1-64(2,3)44-25-28-56-57(38-44)72(48-36-45(65(4,5)6)35-46(37-48)66(7,8)9)58-33-43(50-24-20-22-42-21-18-19-23-49(42)50)34-59-62(58)71(56)61-51-40-54-55(70(16,17)32-31-69(54,14)15)41-60(51)74-63(61)73(59)47-26-27-52-53(39-47)68(12,13)30-29-67(52,10)11/h18-28,33-41H,29-32H2,1-17H3. The van der Waals surface area contributed by atoms with Gasteiger partial charge in [-0.05, 0) is 190 Å². The molecule has 378 valence electrons. The highest BCUT2D eigenvalue weighted by atomic mass is 16.4. The second kappa shape index (κ2) is 15.8. The van der Waals surface area contributed by atoms with Crippen molar-refractivity contribution >= 4 is 79.2 Å². The van der Waals surface area contributed by atoms with Gasteiger partial charge in [-0.15, -0.1) is 0 Å². The predicted octanol–water partition coefficient (Wildman–Crippen LogP) is 17.9. The molecule has 12 rings (SSSR count). The summed E-state index contributed by atoms with van der Waals surface area (Å²) in [6, 6.07) is 48.2. The molecule has 3 heterocycles. The second-order valence-corrected chi connectivity index (χ2v) is 28.8. The zero-order valence-corrected chi connectivity index (χ0v) is 47.8. The molecule has 0 fully saturated rings. The molecular formula is C70H79BN2O. The van der Waals surface area contributed by atoms with E-state index in [9.17, 15) is 0 Å². The van der Waals surface area contributed by atoms with E-state index in [1.807, 2.05) is 0 Å². The average molecular weight is 975 g/mol. The van der Waals surface area contributed by atoms with Crippen LogP contribution in [0.15, 0.2) is 126 Å². The van der Waals surface area contributed by atoms with Gasteiger partial charge in [-0.25, -0.2) is 0 Å². The van der Waals surface area contributed by atoms with Crippen molar-refractivity contribution in [3.8, 4) is 11.1 Å². The van der Waals surface area contributed by atoms with Crippen molar-refractivity contribution in [2.75, 3.05) is 9.80 Å². The van der Waals surface area contributed by atoms with Crippen LogP contribution in [0.3, 0.4) is 0 Å². The highest BCUT2D eigenvalue weighted by Gasteiger charge is 2.49. The summed E-state index contributed by atoms with van der Waals surface area (Å²) in [4.78, 5) is 5.24. The minimum atomic E-state index is -0.104. The third-order valence-corrected chi connectivity index (χ3v) is 18.6. The summed E-state index contributed by atoms with van der Waals surface area (Å²) in [6.07, 6.45) is 4.61. The maximum Gasteiger partial charge on any atom is 0.257 e. The minimum absolute atomic E-state index is 0.0136. The summed E-state index contributed by atoms with van der Waals surface area (Å²) in [5.74, 6) is 0.938. The molecule has 0 saturated heterocycles. The normalized spacial score (nSPS) is 18.2. The second-order valence-electron chi connectivity index (χ2n) is 28.8. The number of anilines is 6. The van der Waals surface area contributed by atoms with Crippen molar-refractivity contribution < 1.29 is 4.42 Å². The Bertz CT molecular complexity index is 3610. The van der Waals surface area contributed by atoms with E-state index in [4.69, 9.17) is 4.42 Å². The molecule has 0 spiro atoms. The molecule has 0 unspecified atom stereocenters. The molecule has 0 atom stereocenters. The van der Waals surface area contributed by atoms with Crippen LogP contribution in [-0.2, 0) is 37.9 Å². The SMILES string of the molecule is CC(C)(C)c1cc(N2c3cc(C(C)(C)C)ccc3B3c4c2cc(-c2cccc5ccccc25)cc4N(c2ccc4c(c2)C(C)(C)CCC4(C)C)c2oc4cc5c(cc4c23)C(C)(C)CCC5(C)C)cc(C(C)(C)C)c1. The largest absolute Gasteiger partial charge is 0.440 e. The maximum atomic E-state index is 7.71. The zero-order valence-electron chi connectivity index (χ0n) is 47.8. The van der Waals surface area contributed by atoms with Gasteiger partial charge in [-0.1, -0.05) is 184 Å². The van der Waals surface area contributed by atoms with Gasteiger partial charge >= 0.3 is 0 Å². The van der Waals surface area contributed by atoms with Crippen molar-refractivity contribution in [1.29, 1.82) is 0 Å². The van der Waals surface area contributed by atoms with E-state index in [1.165, 1.54) is 112 Å². The third-order valence-electron chi connectivity index (χ3n) is 18.6. The van der Waals surface area contributed by atoms with Crippen LogP contribution in [0.5, 0.6) is 0 Å². The summed E-state index contributed by atoms with van der Waals surface area (Å²) in [6.45, 7) is 40.8. The molecule has 2 aliphatic carbocycles. The first-order chi connectivity index (χ1) is 34.5. The molecule has 2 aliphatic heterocycles. The lowest BCUT2D eigenvalue weighted by Crippen LogP contribution is -2.61. The van der Waals surface area contributed by atoms with Gasteiger partial charge in [0.25, 0.3) is 6.71 Å². The zero-order chi connectivity index (χ0) is 52.6. The molecule has 8 aromatic rings. The van der Waals surface area contributed by atoms with E-state index in [-0.39, 0.29) is 44.6 Å². The van der Waals surface area contributed by atoms with Gasteiger partial charge in [-0.2, -0.15) is 0 Å². The van der Waals surface area contributed by atoms with E-state index in [0.717, 1.165) is 36.4 Å². The number of rotatable bonds is 3. The Balaban J connectivity index is 1.27. The number of furan rings is 1. The quantitative estimate of drug-likeness (QED) is 0.165. The van der Waals surface area contributed by atoms with Crippen LogP contribution in [0, 0.1) is 0 Å². The summed E-state index contributed by atoms with van der Waals surface area (Å²) < 4.78 is 7.71. The summed E-state index contributed by atoms with van der Waals surface area (Å²) in [5, 5.41) is 3.73. The van der Waals surface area contributed by atoms with Crippen LogP contribution >= 0.6 is 0 Å². The Morgan fingerprint density at radius 3 is 1.61 bits per heavy atom. The average Bonchev–Trinajstić information content (AvgIpc) is 3.71. The van der Waals surface area contributed by atoms with E-state index in [2.05, 4.69) is 249 Å². The third kappa shape index (κ3) is 7.49. The van der Waals surface area contributed by atoms with E-state index < -0.39 is 0 Å². The molecule has 4 heteroatoms. The van der Waals surface area contributed by atoms with Gasteiger partial charge in [-0.3, -0.25) is 4.90 Å². The van der Waals surface area contributed by atoms with Crippen LogP contribution in [0.1, 0.15) is 182 Å². The van der Waals surface area contributed by atoms with Gasteiger partial charge in [0, 0.05) is 39.3 Å². The molecule has 0 radical (unpaired) electrons. The predicted molar refractivity (Wildman–Crippen MR) is 320 cm³/mol. The Morgan fingerprint density at radius 2 is 0.986 bits per heavy atom. The number of benzene rings is 7. The van der Waals surface area contributed by atoms with Crippen molar-refractivity contribution in [2.45, 2.75) is 181 Å². The number of fused-ring (bicyclic) bond motifs is 9. The van der Waals surface area contributed by atoms with Gasteiger partial charge in [0.15, 0.2) is 0 Å². The van der Waals surface area contributed by atoms with Gasteiger partial charge < -0.3 is 9.32 Å². The molecule has 74 heavy (non-hydrogen) atoms. The molecule has 0 N–H and O–H groups in total. The van der Waals surface area contributed by atoms with Gasteiger partial charge in [0.05, 0.1) is 0 Å². The highest BCUT2D eigenvalue weighted by molar-refractivity contribution is 7.01. The Hall–Kier alpha value is -6.00. The topological polar surface area (TPSA) is 19.6 Å². The van der Waals surface area contributed by atoms with E-state index >= 15 is 0 Å². The highest BCUT2D eigenvalue weighted by Crippen LogP contribution is 2.54. The van der Waals surface area contributed by atoms with Crippen molar-refractivity contribution in [3.05, 3.63) is 160 Å². The van der Waals surface area contributed by atoms with Crippen molar-refractivity contribution in [3.63, 3.8) is 0 Å². The molecule has 3 nitrogen and oxygen atoms in total. The summed E-state index contributed by atoms with van der Waals surface area (Å²) in [7, 11) is 0. The summed E-state index contributed by atoms with van der Waals surface area (Å²) >= 11 is 0. The van der Waals surface area contributed by atoms with Gasteiger partial charge in [0.2, 0.25) is 5.88 Å². The fourth-order valence-corrected chi connectivity index (χ4v) is 13.5. The monoisotopic (exact) mass is 975 g/mol. The maximum absolute atomic E-state index is 7.71. The lowest BCUT2D eigenvalue weighted by Gasteiger charge is -2.45. The Labute approximate surface area is 443 Å². The van der Waals surface area contributed by atoms with Crippen LogP contribution in [0.4, 0.5) is 34.3 Å². The van der Waals surface area contributed by atoms with Gasteiger partial charge in [0.1, 0.15) is 5.58 Å². The van der Waals surface area contributed by atoms with Crippen LogP contribution in [0.25, 0.3) is 32.9 Å². The lowest BCUT2D eigenvalue weighted by molar-refractivity contribution is 0.332. The molecule has 0 saturated carbocycles. The first-order valence-corrected chi connectivity index (χ1v) is 27.9. The fourth-order valence-electron chi connectivity index (χ4n) is 13.5. The fraction of sp³-hybridized carbons (Fsp3) is 0.400. The number of nitrogens with zero attached hydrogens (tertiary/aromatic N) is 2. The number of hydrogen-bond donors (Lipinski definition) is 0. The minimum Gasteiger partial charge on any atom is -0.440 e. The van der Waals surface area contributed by atoms with E-state index in [0.29, 0.717) is 0 Å². The van der Waals surface area contributed by atoms with E-state index in [1.54, 1.807) is 0 Å². The molecule has 4 aliphatic rings. The lowest BCUT2D eigenvalue weighted by atomic mass is 9.33.